The van der Waals surface area contributed by atoms with Crippen molar-refractivity contribution >= 4 is 5.91 Å². The number of likely N-dealkylation sites (tertiary alicyclic amines) is 1. The number of hydrogen-bond acceptors (Lipinski definition) is 6. The van der Waals surface area contributed by atoms with Crippen LogP contribution in [-0.4, -0.2) is 48.7 Å². The Morgan fingerprint density at radius 3 is 3.08 bits per heavy atom. The van der Waals surface area contributed by atoms with Crippen LogP contribution < -0.4 is 0 Å². The van der Waals surface area contributed by atoms with E-state index in [-0.39, 0.29) is 5.91 Å². The molecule has 1 N–H and O–H groups in total. The summed E-state index contributed by atoms with van der Waals surface area (Å²) in [5, 5.41) is 10.3. The second-order valence-corrected chi connectivity index (χ2v) is 7.21. The number of aromatic nitrogens is 5. The van der Waals surface area contributed by atoms with Crippen LogP contribution in [0.15, 0.2) is 10.9 Å². The minimum absolute atomic E-state index is 0.211. The van der Waals surface area contributed by atoms with Gasteiger partial charge in [-0.3, -0.25) is 9.89 Å². The van der Waals surface area contributed by atoms with Crippen LogP contribution in [0.2, 0.25) is 0 Å². The maximum Gasteiger partial charge on any atom is 0.239 e. The molecule has 25 heavy (non-hydrogen) atoms. The van der Waals surface area contributed by atoms with E-state index in [9.17, 15) is 4.79 Å². The first-order chi connectivity index (χ1) is 12.2. The molecule has 1 saturated carbocycles. The van der Waals surface area contributed by atoms with Gasteiger partial charge in [0, 0.05) is 25.4 Å². The van der Waals surface area contributed by atoms with E-state index in [1.165, 1.54) is 25.6 Å². The molecule has 1 amide bonds. The molecule has 134 valence electrons. The molecule has 0 radical (unpaired) electrons. The number of fused-ring (bicyclic) bond motifs is 1. The Morgan fingerprint density at radius 1 is 1.36 bits per heavy atom. The number of aryl methyl sites for hydroxylation is 1. The fourth-order valence-electron chi connectivity index (χ4n) is 4.35. The minimum Gasteiger partial charge on any atom is -0.339 e. The fraction of sp³-hybridized carbons (Fsp3) is 0.706. The maximum atomic E-state index is 12.8. The normalized spacial score (nSPS) is 26.4. The van der Waals surface area contributed by atoms with E-state index in [4.69, 9.17) is 4.52 Å². The van der Waals surface area contributed by atoms with Crippen molar-refractivity contribution in [1.29, 1.82) is 0 Å². The Hall–Kier alpha value is -2.25. The Kier molecular flexibility index (Phi) is 4.50. The van der Waals surface area contributed by atoms with E-state index in [1.807, 2.05) is 0 Å². The first-order valence-electron chi connectivity index (χ1n) is 9.20. The quantitative estimate of drug-likeness (QED) is 0.912. The van der Waals surface area contributed by atoms with E-state index in [2.05, 4.69) is 37.1 Å². The molecule has 1 aliphatic carbocycles. The number of carbonyl (C=O) groups excluding carboxylic acids is 1. The fourth-order valence-corrected chi connectivity index (χ4v) is 4.35. The average molecular weight is 344 g/mol. The summed E-state index contributed by atoms with van der Waals surface area (Å²) in [6.07, 6.45) is 8.34. The van der Waals surface area contributed by atoms with E-state index in [0.29, 0.717) is 42.3 Å². The predicted octanol–water partition coefficient (Wildman–Crippen LogP) is 2.21. The van der Waals surface area contributed by atoms with E-state index in [1.54, 1.807) is 0 Å². The van der Waals surface area contributed by atoms with E-state index >= 15 is 0 Å². The van der Waals surface area contributed by atoms with Crippen molar-refractivity contribution in [3.8, 4) is 11.6 Å². The molecule has 2 fully saturated rings. The van der Waals surface area contributed by atoms with Crippen molar-refractivity contribution in [2.24, 2.45) is 11.8 Å². The number of aromatic amines is 1. The van der Waals surface area contributed by atoms with Gasteiger partial charge in [0.2, 0.25) is 17.6 Å². The molecule has 1 aliphatic heterocycles. The standard InChI is InChI=1S/C17H24N6O2/c1-11-8-9-23(13-5-3-2-4-12(11)13)15(24)7-6-14-20-17(22-25-14)16-18-10-19-21-16/h10-13H,2-9H2,1H3,(H,18,19,21)/t11-,12+,13+/m1/s1. The molecule has 8 heteroatoms. The van der Waals surface area contributed by atoms with E-state index < -0.39 is 0 Å². The van der Waals surface area contributed by atoms with Crippen molar-refractivity contribution in [1.82, 2.24) is 30.2 Å². The maximum absolute atomic E-state index is 12.8. The molecule has 3 heterocycles. The SMILES string of the molecule is C[C@@H]1CCN(C(=O)CCc2nc(-c3ncn[nH]3)no2)[C@H]2CCCC[C@@H]12. The highest BCUT2D eigenvalue weighted by molar-refractivity contribution is 5.76. The van der Waals surface area contributed by atoms with Crippen LogP contribution in [0, 0.1) is 11.8 Å². The largest absolute Gasteiger partial charge is 0.339 e. The number of nitrogens with one attached hydrogen (secondary N) is 1. The van der Waals surface area contributed by atoms with Crippen LogP contribution >= 0.6 is 0 Å². The van der Waals surface area contributed by atoms with Gasteiger partial charge in [-0.15, -0.1) is 0 Å². The molecule has 0 spiro atoms. The van der Waals surface area contributed by atoms with Gasteiger partial charge < -0.3 is 9.42 Å². The van der Waals surface area contributed by atoms with Crippen LogP contribution in [-0.2, 0) is 11.2 Å². The summed E-state index contributed by atoms with van der Waals surface area (Å²) in [5.41, 5.74) is 0. The van der Waals surface area contributed by atoms with Gasteiger partial charge in [-0.05, 0) is 31.1 Å². The smallest absolute Gasteiger partial charge is 0.239 e. The highest BCUT2D eigenvalue weighted by atomic mass is 16.5. The third kappa shape index (κ3) is 3.29. The monoisotopic (exact) mass is 344 g/mol. The van der Waals surface area contributed by atoms with Crippen LogP contribution in [0.4, 0.5) is 0 Å². The van der Waals surface area contributed by atoms with Crippen molar-refractivity contribution < 1.29 is 9.32 Å². The van der Waals surface area contributed by atoms with Gasteiger partial charge in [0.05, 0.1) is 0 Å². The second-order valence-electron chi connectivity index (χ2n) is 7.21. The summed E-state index contributed by atoms with van der Waals surface area (Å²) >= 11 is 0. The molecule has 2 aliphatic rings. The Balaban J connectivity index is 1.37. The highest BCUT2D eigenvalue weighted by Crippen LogP contribution is 2.39. The molecule has 3 atom stereocenters. The number of hydrogen-bond donors (Lipinski definition) is 1. The molecule has 0 unspecified atom stereocenters. The molecular formula is C17H24N6O2. The summed E-state index contributed by atoms with van der Waals surface area (Å²) in [6.45, 7) is 3.22. The summed E-state index contributed by atoms with van der Waals surface area (Å²) in [6, 6.07) is 0.428. The molecule has 1 saturated heterocycles. The zero-order valence-electron chi connectivity index (χ0n) is 14.5. The molecular weight excluding hydrogens is 320 g/mol. The third-order valence-electron chi connectivity index (χ3n) is 5.71. The van der Waals surface area contributed by atoms with Gasteiger partial charge in [-0.25, -0.2) is 4.98 Å². The van der Waals surface area contributed by atoms with Crippen LogP contribution in [0.3, 0.4) is 0 Å². The van der Waals surface area contributed by atoms with Crippen LogP contribution in [0.1, 0.15) is 51.3 Å². The number of H-pyrrole nitrogens is 1. The molecule has 4 rings (SSSR count). The number of amides is 1. The van der Waals surface area contributed by atoms with Gasteiger partial charge in [0.15, 0.2) is 5.82 Å². The van der Waals surface area contributed by atoms with Crippen LogP contribution in [0.5, 0.6) is 0 Å². The molecule has 8 nitrogen and oxygen atoms in total. The summed E-state index contributed by atoms with van der Waals surface area (Å²) in [7, 11) is 0. The third-order valence-corrected chi connectivity index (χ3v) is 5.71. The zero-order valence-corrected chi connectivity index (χ0v) is 14.5. The Morgan fingerprint density at radius 2 is 2.24 bits per heavy atom. The second kappa shape index (κ2) is 6.93. The first kappa shape index (κ1) is 16.2. The lowest BCUT2D eigenvalue weighted by atomic mass is 9.72. The summed E-state index contributed by atoms with van der Waals surface area (Å²) in [5.74, 6) is 2.92. The van der Waals surface area contributed by atoms with Crippen LogP contribution in [0.25, 0.3) is 11.6 Å². The number of carbonyl (C=O) groups is 1. The van der Waals surface area contributed by atoms with Crippen molar-refractivity contribution in [3.63, 3.8) is 0 Å². The van der Waals surface area contributed by atoms with Crippen molar-refractivity contribution in [2.75, 3.05) is 6.54 Å². The van der Waals surface area contributed by atoms with Gasteiger partial charge >= 0.3 is 0 Å². The van der Waals surface area contributed by atoms with Gasteiger partial charge in [-0.2, -0.15) is 10.1 Å². The Labute approximate surface area is 146 Å². The Bertz CT molecular complexity index is 713. The predicted molar refractivity (Wildman–Crippen MR) is 89.2 cm³/mol. The minimum atomic E-state index is 0.211. The summed E-state index contributed by atoms with van der Waals surface area (Å²) in [4.78, 5) is 23.2. The topological polar surface area (TPSA) is 101 Å². The molecule has 0 aromatic carbocycles. The molecule has 2 aromatic rings. The van der Waals surface area contributed by atoms with Gasteiger partial charge in [0.25, 0.3) is 0 Å². The van der Waals surface area contributed by atoms with Gasteiger partial charge in [-0.1, -0.05) is 24.9 Å². The van der Waals surface area contributed by atoms with Gasteiger partial charge in [0.1, 0.15) is 6.33 Å². The van der Waals surface area contributed by atoms with Crippen molar-refractivity contribution in [2.45, 2.75) is 57.9 Å². The number of piperidine rings is 1. The lowest BCUT2D eigenvalue weighted by Gasteiger charge is -2.47. The number of nitrogens with zero attached hydrogens (tertiary/aromatic N) is 5. The lowest BCUT2D eigenvalue weighted by molar-refractivity contribution is -0.139. The average Bonchev–Trinajstić information content (AvgIpc) is 3.32. The summed E-state index contributed by atoms with van der Waals surface area (Å²) < 4.78 is 5.23. The lowest BCUT2D eigenvalue weighted by Crippen LogP contribution is -2.52. The number of rotatable bonds is 4. The molecule has 2 aromatic heterocycles. The zero-order chi connectivity index (χ0) is 17.2. The highest BCUT2D eigenvalue weighted by Gasteiger charge is 2.39. The van der Waals surface area contributed by atoms with Crippen molar-refractivity contribution in [3.05, 3.63) is 12.2 Å². The first-order valence-corrected chi connectivity index (χ1v) is 9.20. The van der Waals surface area contributed by atoms with E-state index in [0.717, 1.165) is 25.3 Å². The molecule has 0 bridgehead atoms.